The van der Waals surface area contributed by atoms with E-state index in [-0.39, 0.29) is 24.1 Å². The zero-order valence-corrected chi connectivity index (χ0v) is 15.0. The Labute approximate surface area is 159 Å². The van der Waals surface area contributed by atoms with Crippen LogP contribution in [-0.4, -0.2) is 53.4 Å². The fraction of sp³-hybridized carbons (Fsp3) is 0.389. The number of rotatable bonds is 5. The van der Waals surface area contributed by atoms with Gasteiger partial charge in [-0.2, -0.15) is 4.98 Å². The normalized spacial score (nSPS) is 17.1. The van der Waals surface area contributed by atoms with Crippen molar-refractivity contribution in [3.63, 3.8) is 0 Å². The molecular weight excluding hydrogens is 379 g/mol. The van der Waals surface area contributed by atoms with Crippen LogP contribution < -0.4 is 14.2 Å². The van der Waals surface area contributed by atoms with Crippen molar-refractivity contribution in [1.29, 1.82) is 0 Å². The maximum absolute atomic E-state index is 12.7. The zero-order valence-electron chi connectivity index (χ0n) is 15.0. The predicted molar refractivity (Wildman–Crippen MR) is 91.3 cm³/mol. The van der Waals surface area contributed by atoms with Crippen LogP contribution >= 0.6 is 0 Å². The monoisotopic (exact) mass is 397 g/mol. The van der Waals surface area contributed by atoms with E-state index in [1.165, 1.54) is 36.5 Å². The summed E-state index contributed by atoms with van der Waals surface area (Å²) in [5.74, 6) is -0.241. The Balaban J connectivity index is 1.66. The Morgan fingerprint density at radius 3 is 2.79 bits per heavy atom. The molecule has 1 aromatic heterocycles. The van der Waals surface area contributed by atoms with Crippen molar-refractivity contribution in [1.82, 2.24) is 14.9 Å². The average molecular weight is 397 g/mol. The van der Waals surface area contributed by atoms with Crippen LogP contribution in [0.1, 0.15) is 23.2 Å². The molecule has 0 bridgehead atoms. The molecule has 3 rings (SSSR count). The number of benzene rings is 1. The first-order chi connectivity index (χ1) is 13.3. The van der Waals surface area contributed by atoms with E-state index in [2.05, 4.69) is 14.7 Å². The Morgan fingerprint density at radius 2 is 2.04 bits per heavy atom. The summed E-state index contributed by atoms with van der Waals surface area (Å²) in [4.78, 5) is 22.3. The molecule has 2 heterocycles. The van der Waals surface area contributed by atoms with E-state index >= 15 is 0 Å². The van der Waals surface area contributed by atoms with Gasteiger partial charge in [0.05, 0.1) is 26.0 Å². The largest absolute Gasteiger partial charge is 0.573 e. The number of nitrogens with zero attached hydrogens (tertiary/aromatic N) is 3. The van der Waals surface area contributed by atoms with Crippen LogP contribution in [0.2, 0.25) is 0 Å². The molecule has 1 aromatic carbocycles. The van der Waals surface area contributed by atoms with Gasteiger partial charge in [0.25, 0.3) is 5.91 Å². The maximum Gasteiger partial charge on any atom is 0.573 e. The topological polar surface area (TPSA) is 73.8 Å². The van der Waals surface area contributed by atoms with Gasteiger partial charge in [-0.05, 0) is 31.0 Å². The first-order valence-corrected chi connectivity index (χ1v) is 8.52. The minimum absolute atomic E-state index is 0.114. The highest BCUT2D eigenvalue weighted by Gasteiger charge is 2.32. The van der Waals surface area contributed by atoms with E-state index in [1.54, 1.807) is 0 Å². The first kappa shape index (κ1) is 19.7. The summed E-state index contributed by atoms with van der Waals surface area (Å²) in [7, 11) is 1.46. The molecule has 1 fully saturated rings. The molecule has 2 aromatic rings. The van der Waals surface area contributed by atoms with Crippen molar-refractivity contribution < 1.29 is 32.2 Å². The summed E-state index contributed by atoms with van der Waals surface area (Å²) in [6.07, 6.45) is -0.842. The van der Waals surface area contributed by atoms with Crippen LogP contribution in [0.3, 0.4) is 0 Å². The summed E-state index contributed by atoms with van der Waals surface area (Å²) < 4.78 is 51.8. The third-order valence-electron chi connectivity index (χ3n) is 4.07. The van der Waals surface area contributed by atoms with Gasteiger partial charge in [-0.3, -0.25) is 9.78 Å². The highest BCUT2D eigenvalue weighted by atomic mass is 19.4. The number of carbonyl (C=O) groups excluding carboxylic acids is 1. The Kier molecular flexibility index (Phi) is 5.86. The minimum Gasteiger partial charge on any atom is -0.480 e. The molecular formula is C18H18F3N3O4. The standard InChI is InChI=1S/C18H18F3N3O4/c1-26-15-9-22-10-16(23-15)27-14-6-3-7-24(11-14)17(25)12-4-2-5-13(8-12)28-18(19,20)21/h2,4-5,8-10,14H,3,6-7,11H2,1H3. The number of halogens is 3. The lowest BCUT2D eigenvalue weighted by Crippen LogP contribution is -2.44. The molecule has 150 valence electrons. The molecule has 7 nitrogen and oxygen atoms in total. The molecule has 1 saturated heterocycles. The van der Waals surface area contributed by atoms with Crippen LogP contribution in [0.15, 0.2) is 36.7 Å². The number of hydrogen-bond acceptors (Lipinski definition) is 6. The van der Waals surface area contributed by atoms with Crippen molar-refractivity contribution in [3.8, 4) is 17.5 Å². The van der Waals surface area contributed by atoms with Gasteiger partial charge in [0.2, 0.25) is 11.8 Å². The minimum atomic E-state index is -4.82. The van der Waals surface area contributed by atoms with E-state index in [9.17, 15) is 18.0 Å². The summed E-state index contributed by atoms with van der Waals surface area (Å²) in [5, 5.41) is 0. The predicted octanol–water partition coefficient (Wildman–Crippen LogP) is 3.07. The molecule has 1 amide bonds. The van der Waals surface area contributed by atoms with E-state index < -0.39 is 18.0 Å². The first-order valence-electron chi connectivity index (χ1n) is 8.52. The number of ether oxygens (including phenoxy) is 3. The number of amides is 1. The van der Waals surface area contributed by atoms with Crippen molar-refractivity contribution in [2.45, 2.75) is 25.3 Å². The van der Waals surface area contributed by atoms with E-state index in [0.717, 1.165) is 12.1 Å². The number of hydrogen-bond donors (Lipinski definition) is 0. The second kappa shape index (κ2) is 8.32. The highest BCUT2D eigenvalue weighted by Crippen LogP contribution is 2.25. The van der Waals surface area contributed by atoms with Crippen molar-refractivity contribution in [2.24, 2.45) is 0 Å². The lowest BCUT2D eigenvalue weighted by atomic mass is 10.1. The molecule has 28 heavy (non-hydrogen) atoms. The van der Waals surface area contributed by atoms with Gasteiger partial charge in [0.1, 0.15) is 11.9 Å². The third-order valence-corrected chi connectivity index (χ3v) is 4.07. The average Bonchev–Trinajstić information content (AvgIpc) is 2.66. The molecule has 0 spiro atoms. The molecule has 0 saturated carbocycles. The summed E-state index contributed by atoms with van der Waals surface area (Å²) in [6, 6.07) is 5.02. The van der Waals surface area contributed by atoms with Gasteiger partial charge in [0.15, 0.2) is 0 Å². The van der Waals surface area contributed by atoms with Gasteiger partial charge < -0.3 is 19.1 Å². The second-order valence-corrected chi connectivity index (χ2v) is 6.11. The quantitative estimate of drug-likeness (QED) is 0.772. The van der Waals surface area contributed by atoms with E-state index in [4.69, 9.17) is 9.47 Å². The number of alkyl halides is 3. The number of methoxy groups -OCH3 is 1. The lowest BCUT2D eigenvalue weighted by molar-refractivity contribution is -0.274. The molecule has 1 atom stereocenters. The highest BCUT2D eigenvalue weighted by molar-refractivity contribution is 5.94. The van der Waals surface area contributed by atoms with Gasteiger partial charge in [-0.1, -0.05) is 6.07 Å². The number of aromatic nitrogens is 2. The summed E-state index contributed by atoms with van der Waals surface area (Å²) >= 11 is 0. The Hall–Kier alpha value is -3.04. The van der Waals surface area contributed by atoms with Gasteiger partial charge in [-0.15, -0.1) is 13.2 Å². The fourth-order valence-corrected chi connectivity index (χ4v) is 2.88. The van der Waals surface area contributed by atoms with Crippen LogP contribution in [0.25, 0.3) is 0 Å². The zero-order chi connectivity index (χ0) is 20.1. The maximum atomic E-state index is 12.7. The van der Waals surface area contributed by atoms with Gasteiger partial charge in [0, 0.05) is 12.1 Å². The molecule has 1 aliphatic rings. The molecule has 0 radical (unpaired) electrons. The SMILES string of the molecule is COc1cncc(OC2CCCN(C(=O)c3cccc(OC(F)(F)F)c3)C2)n1. The molecule has 1 aliphatic heterocycles. The third kappa shape index (κ3) is 5.24. The number of likely N-dealkylation sites (tertiary alicyclic amines) is 1. The molecule has 10 heteroatoms. The second-order valence-electron chi connectivity index (χ2n) is 6.11. The Bertz CT molecular complexity index is 832. The lowest BCUT2D eigenvalue weighted by Gasteiger charge is -2.32. The Morgan fingerprint density at radius 1 is 1.25 bits per heavy atom. The van der Waals surface area contributed by atoms with Crippen molar-refractivity contribution in [3.05, 3.63) is 42.2 Å². The van der Waals surface area contributed by atoms with Crippen LogP contribution in [-0.2, 0) is 0 Å². The smallest absolute Gasteiger partial charge is 0.480 e. The summed E-state index contributed by atoms with van der Waals surface area (Å²) in [6.45, 7) is 0.759. The van der Waals surface area contributed by atoms with Crippen LogP contribution in [0, 0.1) is 0 Å². The van der Waals surface area contributed by atoms with E-state index in [0.29, 0.717) is 25.3 Å². The number of carbonyl (C=O) groups is 1. The van der Waals surface area contributed by atoms with Gasteiger partial charge in [-0.25, -0.2) is 0 Å². The van der Waals surface area contributed by atoms with Gasteiger partial charge >= 0.3 is 6.36 Å². The molecule has 0 N–H and O–H groups in total. The molecule has 0 aliphatic carbocycles. The van der Waals surface area contributed by atoms with E-state index in [1.807, 2.05) is 0 Å². The number of piperidine rings is 1. The van der Waals surface area contributed by atoms with Crippen molar-refractivity contribution >= 4 is 5.91 Å². The fourth-order valence-electron chi connectivity index (χ4n) is 2.88. The summed E-state index contributed by atoms with van der Waals surface area (Å²) in [5.41, 5.74) is 0.114. The van der Waals surface area contributed by atoms with Crippen LogP contribution in [0.5, 0.6) is 17.5 Å². The molecule has 1 unspecified atom stereocenters. The van der Waals surface area contributed by atoms with Crippen molar-refractivity contribution in [2.75, 3.05) is 20.2 Å². The van der Waals surface area contributed by atoms with Crippen LogP contribution in [0.4, 0.5) is 13.2 Å².